The van der Waals surface area contributed by atoms with Crippen LogP contribution in [0.25, 0.3) is 0 Å². The highest BCUT2D eigenvalue weighted by atomic mass is 79.9. The van der Waals surface area contributed by atoms with Gasteiger partial charge in [0.05, 0.1) is 17.7 Å². The molecule has 2 aromatic rings. The average Bonchev–Trinajstić information content (AvgIpc) is 2.43. The van der Waals surface area contributed by atoms with E-state index in [0.29, 0.717) is 5.02 Å². The van der Waals surface area contributed by atoms with Gasteiger partial charge in [0.15, 0.2) is 0 Å². The van der Waals surface area contributed by atoms with Crippen molar-refractivity contribution in [3.63, 3.8) is 0 Å². The largest absolute Gasteiger partial charge is 0.394 e. The Kier molecular flexibility index (Phi) is 5.49. The van der Waals surface area contributed by atoms with Crippen LogP contribution in [0.15, 0.2) is 45.3 Å². The van der Waals surface area contributed by atoms with E-state index < -0.39 is 0 Å². The lowest BCUT2D eigenvalue weighted by atomic mass is 10.1. The molecule has 0 spiro atoms. The van der Waals surface area contributed by atoms with Crippen molar-refractivity contribution in [1.82, 2.24) is 0 Å². The second-order valence-electron chi connectivity index (χ2n) is 4.52. The van der Waals surface area contributed by atoms with Crippen LogP contribution in [0.3, 0.4) is 0 Å². The third-order valence-electron chi connectivity index (χ3n) is 3.04. The summed E-state index contributed by atoms with van der Waals surface area (Å²) in [5.41, 5.74) is 3.09. The van der Waals surface area contributed by atoms with Crippen LogP contribution in [0.5, 0.6) is 0 Å². The molecule has 0 amide bonds. The molecule has 2 aromatic carbocycles. The molecule has 0 aromatic heterocycles. The molecular formula is C15H14Br2ClNO. The Morgan fingerprint density at radius 1 is 1.15 bits per heavy atom. The topological polar surface area (TPSA) is 32.3 Å². The van der Waals surface area contributed by atoms with Crippen molar-refractivity contribution in [3.05, 3.63) is 61.5 Å². The molecule has 0 heterocycles. The lowest BCUT2D eigenvalue weighted by Crippen LogP contribution is -2.15. The molecule has 1 atom stereocenters. The van der Waals surface area contributed by atoms with Crippen LogP contribution in [0.4, 0.5) is 5.69 Å². The van der Waals surface area contributed by atoms with E-state index in [1.165, 1.54) is 5.56 Å². The second-order valence-corrected chi connectivity index (χ2v) is 6.63. The number of rotatable bonds is 4. The number of benzene rings is 2. The fraction of sp³-hybridized carbons (Fsp3) is 0.200. The summed E-state index contributed by atoms with van der Waals surface area (Å²) in [6, 6.07) is 11.5. The van der Waals surface area contributed by atoms with E-state index in [-0.39, 0.29) is 12.6 Å². The minimum atomic E-state index is -0.167. The molecule has 0 bridgehead atoms. The molecule has 0 aliphatic heterocycles. The number of anilines is 1. The first-order valence-corrected chi connectivity index (χ1v) is 8.06. The lowest BCUT2D eigenvalue weighted by molar-refractivity contribution is 0.276. The van der Waals surface area contributed by atoms with Crippen LogP contribution in [0, 0.1) is 6.92 Å². The maximum Gasteiger partial charge on any atom is 0.0745 e. The number of hydrogen-bond donors (Lipinski definition) is 2. The van der Waals surface area contributed by atoms with Gasteiger partial charge in [-0.1, -0.05) is 39.7 Å². The molecule has 5 heteroatoms. The highest BCUT2D eigenvalue weighted by Crippen LogP contribution is 2.29. The Bertz CT molecular complexity index is 619. The fourth-order valence-corrected chi connectivity index (χ4v) is 2.74. The summed E-state index contributed by atoms with van der Waals surface area (Å²) in [4.78, 5) is 0. The summed E-state index contributed by atoms with van der Waals surface area (Å²) < 4.78 is 1.86. The van der Waals surface area contributed by atoms with Crippen molar-refractivity contribution < 1.29 is 5.11 Å². The van der Waals surface area contributed by atoms with Gasteiger partial charge in [0.25, 0.3) is 0 Å². The molecule has 0 saturated carbocycles. The quantitative estimate of drug-likeness (QED) is 0.703. The Morgan fingerprint density at radius 2 is 1.90 bits per heavy atom. The van der Waals surface area contributed by atoms with E-state index in [9.17, 15) is 5.11 Å². The van der Waals surface area contributed by atoms with Crippen molar-refractivity contribution in [2.24, 2.45) is 0 Å². The van der Waals surface area contributed by atoms with Gasteiger partial charge in [-0.2, -0.15) is 0 Å². The summed E-state index contributed by atoms with van der Waals surface area (Å²) in [5, 5.41) is 13.6. The minimum Gasteiger partial charge on any atom is -0.394 e. The van der Waals surface area contributed by atoms with Gasteiger partial charge < -0.3 is 10.4 Å². The van der Waals surface area contributed by atoms with E-state index >= 15 is 0 Å². The molecule has 1 unspecified atom stereocenters. The van der Waals surface area contributed by atoms with Gasteiger partial charge in [-0.05, 0) is 58.2 Å². The van der Waals surface area contributed by atoms with E-state index in [0.717, 1.165) is 20.2 Å². The van der Waals surface area contributed by atoms with Crippen molar-refractivity contribution in [1.29, 1.82) is 0 Å². The van der Waals surface area contributed by atoms with Crippen LogP contribution < -0.4 is 5.32 Å². The Labute approximate surface area is 140 Å². The van der Waals surface area contributed by atoms with E-state index in [1.807, 2.05) is 43.3 Å². The predicted octanol–water partition coefficient (Wildman–Crippen LogP) is 5.32. The average molecular weight is 420 g/mol. The Hall–Kier alpha value is -0.550. The third-order valence-corrected chi connectivity index (χ3v) is 5.11. The summed E-state index contributed by atoms with van der Waals surface area (Å²) in [7, 11) is 0. The molecule has 0 fully saturated rings. The van der Waals surface area contributed by atoms with E-state index in [1.54, 1.807) is 0 Å². The number of hydrogen-bond acceptors (Lipinski definition) is 2. The van der Waals surface area contributed by atoms with Crippen molar-refractivity contribution in [3.8, 4) is 0 Å². The summed E-state index contributed by atoms with van der Waals surface area (Å²) in [5.74, 6) is 0. The zero-order valence-corrected chi connectivity index (χ0v) is 14.8. The molecule has 0 saturated heterocycles. The highest BCUT2D eigenvalue weighted by Gasteiger charge is 2.12. The van der Waals surface area contributed by atoms with Gasteiger partial charge in [0, 0.05) is 14.6 Å². The lowest BCUT2D eigenvalue weighted by Gasteiger charge is -2.19. The van der Waals surface area contributed by atoms with Crippen molar-refractivity contribution >= 4 is 49.1 Å². The molecule has 0 aliphatic rings. The van der Waals surface area contributed by atoms with Crippen LogP contribution in [-0.2, 0) is 0 Å². The van der Waals surface area contributed by atoms with Crippen LogP contribution in [0.2, 0.25) is 5.02 Å². The van der Waals surface area contributed by atoms with Crippen molar-refractivity contribution in [2.75, 3.05) is 11.9 Å². The zero-order chi connectivity index (χ0) is 14.7. The third kappa shape index (κ3) is 3.76. The standard InChI is InChI=1S/C15H14Br2ClNO/c1-9-2-3-10(6-12(9)16)15(8-20)19-11-4-5-14(18)13(17)7-11/h2-7,15,19-20H,8H2,1H3. The van der Waals surface area contributed by atoms with Gasteiger partial charge in [-0.25, -0.2) is 0 Å². The minimum absolute atomic E-state index is 0.00967. The normalized spacial score (nSPS) is 12.2. The summed E-state index contributed by atoms with van der Waals surface area (Å²) in [6.45, 7) is 2.04. The zero-order valence-electron chi connectivity index (χ0n) is 10.8. The van der Waals surface area contributed by atoms with Crippen molar-refractivity contribution in [2.45, 2.75) is 13.0 Å². The monoisotopic (exact) mass is 417 g/mol. The van der Waals surface area contributed by atoms with Gasteiger partial charge in [-0.3, -0.25) is 0 Å². The van der Waals surface area contributed by atoms with Crippen LogP contribution >= 0.6 is 43.5 Å². The maximum atomic E-state index is 9.61. The number of aliphatic hydroxyl groups excluding tert-OH is 1. The molecule has 106 valence electrons. The van der Waals surface area contributed by atoms with Gasteiger partial charge >= 0.3 is 0 Å². The molecule has 0 radical (unpaired) electrons. The smallest absolute Gasteiger partial charge is 0.0745 e. The summed E-state index contributed by atoms with van der Waals surface area (Å²) in [6.07, 6.45) is 0. The first-order valence-electron chi connectivity index (χ1n) is 6.09. The van der Waals surface area contributed by atoms with E-state index in [2.05, 4.69) is 37.2 Å². The van der Waals surface area contributed by atoms with Gasteiger partial charge in [0.2, 0.25) is 0 Å². The molecule has 2 N–H and O–H groups in total. The van der Waals surface area contributed by atoms with Crippen LogP contribution in [0.1, 0.15) is 17.2 Å². The Morgan fingerprint density at radius 3 is 2.50 bits per heavy atom. The SMILES string of the molecule is Cc1ccc(C(CO)Nc2ccc(Cl)c(Br)c2)cc1Br. The van der Waals surface area contributed by atoms with E-state index in [4.69, 9.17) is 11.6 Å². The summed E-state index contributed by atoms with van der Waals surface area (Å²) >= 11 is 12.9. The fourth-order valence-electron chi connectivity index (χ4n) is 1.85. The number of aryl methyl sites for hydroxylation is 1. The predicted molar refractivity (Wildman–Crippen MR) is 91.5 cm³/mol. The molecule has 20 heavy (non-hydrogen) atoms. The molecule has 0 aliphatic carbocycles. The second kappa shape index (κ2) is 6.94. The first kappa shape index (κ1) is 15.8. The van der Waals surface area contributed by atoms with Gasteiger partial charge in [0.1, 0.15) is 0 Å². The molecular weight excluding hydrogens is 405 g/mol. The number of aliphatic hydroxyl groups is 1. The molecule has 2 nitrogen and oxygen atoms in total. The molecule has 2 rings (SSSR count). The highest BCUT2D eigenvalue weighted by molar-refractivity contribution is 9.10. The number of halogens is 3. The number of nitrogens with one attached hydrogen (secondary N) is 1. The van der Waals surface area contributed by atoms with Crippen LogP contribution in [-0.4, -0.2) is 11.7 Å². The maximum absolute atomic E-state index is 9.61. The van der Waals surface area contributed by atoms with Gasteiger partial charge in [-0.15, -0.1) is 0 Å². The Balaban J connectivity index is 2.23. The first-order chi connectivity index (χ1) is 9.51.